The van der Waals surface area contributed by atoms with Gasteiger partial charge >= 0.3 is 0 Å². The molecule has 3 aromatic rings. The summed E-state index contributed by atoms with van der Waals surface area (Å²) in [6.07, 6.45) is 0.495. The summed E-state index contributed by atoms with van der Waals surface area (Å²) in [5.41, 5.74) is 1.48. The Morgan fingerprint density at radius 3 is 2.69 bits per heavy atom. The Balaban J connectivity index is 1.60. The molecule has 0 spiro atoms. The second kappa shape index (κ2) is 6.69. The maximum absolute atomic E-state index is 13.4. The van der Waals surface area contributed by atoms with Crippen LogP contribution in [0.3, 0.4) is 0 Å². The van der Waals surface area contributed by atoms with Gasteiger partial charge in [0.05, 0.1) is 10.6 Å². The second-order valence-electron chi connectivity index (χ2n) is 6.15. The topological polar surface area (TPSA) is 49.0 Å². The van der Waals surface area contributed by atoms with Crippen LogP contribution in [-0.4, -0.2) is 21.4 Å². The Hall–Kier alpha value is -2.45. The lowest BCUT2D eigenvalue weighted by atomic mass is 10.1. The molecule has 0 fully saturated rings. The zero-order valence-corrected chi connectivity index (χ0v) is 14.4. The van der Waals surface area contributed by atoms with Crippen LogP contribution in [0.15, 0.2) is 34.4 Å². The van der Waals surface area contributed by atoms with Gasteiger partial charge in [-0.2, -0.15) is 0 Å². The fraction of sp³-hybridized carbons (Fsp3) is 0.222. The highest BCUT2D eigenvalue weighted by molar-refractivity contribution is 7.13. The van der Waals surface area contributed by atoms with Crippen LogP contribution in [0.25, 0.3) is 10.7 Å². The lowest BCUT2D eigenvalue weighted by Crippen LogP contribution is -2.35. The molecule has 4 rings (SSSR count). The van der Waals surface area contributed by atoms with Gasteiger partial charge in [0.2, 0.25) is 0 Å². The summed E-state index contributed by atoms with van der Waals surface area (Å²) in [6, 6.07) is 5.75. The molecule has 8 heteroatoms. The Kier molecular flexibility index (Phi) is 4.37. The van der Waals surface area contributed by atoms with Gasteiger partial charge in [-0.25, -0.2) is 18.2 Å². The molecule has 0 saturated carbocycles. The van der Waals surface area contributed by atoms with Gasteiger partial charge < -0.3 is 4.98 Å². The molecular weight excluding hydrogens is 363 g/mol. The van der Waals surface area contributed by atoms with Crippen LogP contribution in [0.1, 0.15) is 16.8 Å². The van der Waals surface area contributed by atoms with E-state index in [1.54, 1.807) is 0 Å². The molecule has 134 valence electrons. The third kappa shape index (κ3) is 3.17. The van der Waals surface area contributed by atoms with Crippen LogP contribution in [0.2, 0.25) is 0 Å². The standard InChI is InChI=1S/C18H14F3N3OS/c19-12-6-10(7-13(20)16(12)21)8-24-4-3-11-14(9-24)22-17(23-18(11)25)15-2-1-5-26-15/h1-2,5-7H,3-4,8-9H2,(H,22,23,25). The van der Waals surface area contributed by atoms with Crippen LogP contribution in [0, 0.1) is 17.5 Å². The molecule has 0 bridgehead atoms. The molecule has 3 heterocycles. The minimum atomic E-state index is -1.47. The van der Waals surface area contributed by atoms with Gasteiger partial charge in [-0.05, 0) is 35.6 Å². The summed E-state index contributed by atoms with van der Waals surface area (Å²) < 4.78 is 39.9. The first-order valence-electron chi connectivity index (χ1n) is 8.03. The Morgan fingerprint density at radius 1 is 1.23 bits per heavy atom. The third-order valence-electron chi connectivity index (χ3n) is 4.36. The van der Waals surface area contributed by atoms with E-state index in [2.05, 4.69) is 9.97 Å². The van der Waals surface area contributed by atoms with E-state index in [4.69, 9.17) is 0 Å². The highest BCUT2D eigenvalue weighted by atomic mass is 32.1. The predicted octanol–water partition coefficient (Wildman–Crippen LogP) is 3.47. The number of thiophene rings is 1. The van der Waals surface area contributed by atoms with Crippen molar-refractivity contribution in [3.05, 3.63) is 74.3 Å². The molecule has 0 unspecified atom stereocenters. The Morgan fingerprint density at radius 2 is 2.00 bits per heavy atom. The smallest absolute Gasteiger partial charge is 0.254 e. The number of hydrogen-bond donors (Lipinski definition) is 1. The largest absolute Gasteiger partial charge is 0.306 e. The van der Waals surface area contributed by atoms with E-state index in [9.17, 15) is 18.0 Å². The van der Waals surface area contributed by atoms with E-state index in [1.807, 2.05) is 22.4 Å². The Bertz CT molecular complexity index is 994. The molecule has 0 radical (unpaired) electrons. The van der Waals surface area contributed by atoms with Crippen molar-refractivity contribution in [1.29, 1.82) is 0 Å². The second-order valence-corrected chi connectivity index (χ2v) is 7.10. The van der Waals surface area contributed by atoms with Crippen LogP contribution in [-0.2, 0) is 19.5 Å². The molecule has 0 aliphatic carbocycles. The maximum atomic E-state index is 13.4. The number of rotatable bonds is 3. The first-order chi connectivity index (χ1) is 12.5. The van der Waals surface area contributed by atoms with Crippen molar-refractivity contribution >= 4 is 11.3 Å². The first kappa shape index (κ1) is 17.0. The number of nitrogens with zero attached hydrogens (tertiary/aromatic N) is 2. The summed E-state index contributed by atoms with van der Waals surface area (Å²) >= 11 is 1.48. The number of hydrogen-bond acceptors (Lipinski definition) is 4. The number of halogens is 3. The van der Waals surface area contributed by atoms with Gasteiger partial charge in [0, 0.05) is 25.2 Å². The van der Waals surface area contributed by atoms with E-state index in [0.717, 1.165) is 17.0 Å². The molecule has 0 amide bonds. The number of aromatic nitrogens is 2. The van der Waals surface area contributed by atoms with E-state index in [-0.39, 0.29) is 12.1 Å². The molecule has 2 aromatic heterocycles. The molecule has 26 heavy (non-hydrogen) atoms. The van der Waals surface area contributed by atoms with Crippen LogP contribution >= 0.6 is 11.3 Å². The number of nitrogens with one attached hydrogen (secondary N) is 1. The van der Waals surface area contributed by atoms with Crippen molar-refractivity contribution in [3.63, 3.8) is 0 Å². The van der Waals surface area contributed by atoms with Gasteiger partial charge in [0.15, 0.2) is 23.3 Å². The molecule has 1 aliphatic rings. The van der Waals surface area contributed by atoms with E-state index < -0.39 is 17.5 Å². The van der Waals surface area contributed by atoms with Crippen molar-refractivity contribution < 1.29 is 13.2 Å². The summed E-state index contributed by atoms with van der Waals surface area (Å²) in [5, 5.41) is 1.90. The van der Waals surface area contributed by atoms with E-state index in [0.29, 0.717) is 42.2 Å². The fourth-order valence-corrected chi connectivity index (χ4v) is 3.79. The monoisotopic (exact) mass is 377 g/mol. The Labute approximate surface area is 150 Å². The number of fused-ring (bicyclic) bond motifs is 1. The van der Waals surface area contributed by atoms with Crippen molar-refractivity contribution in [2.75, 3.05) is 6.54 Å². The van der Waals surface area contributed by atoms with Crippen molar-refractivity contribution in [2.24, 2.45) is 0 Å². The molecule has 0 saturated heterocycles. The minimum Gasteiger partial charge on any atom is -0.306 e. The fourth-order valence-electron chi connectivity index (χ4n) is 3.12. The average Bonchev–Trinajstić information content (AvgIpc) is 3.14. The van der Waals surface area contributed by atoms with Crippen LogP contribution in [0.4, 0.5) is 13.2 Å². The summed E-state index contributed by atoms with van der Waals surface area (Å²) in [4.78, 5) is 22.5. The summed E-state index contributed by atoms with van der Waals surface area (Å²) in [5.74, 6) is -3.35. The molecule has 1 aliphatic heterocycles. The van der Waals surface area contributed by atoms with E-state index in [1.165, 1.54) is 11.3 Å². The molecule has 1 aromatic carbocycles. The molecule has 4 nitrogen and oxygen atoms in total. The lowest BCUT2D eigenvalue weighted by Gasteiger charge is -2.27. The van der Waals surface area contributed by atoms with E-state index >= 15 is 0 Å². The summed E-state index contributed by atoms with van der Waals surface area (Å²) in [6.45, 7) is 1.19. The average molecular weight is 377 g/mol. The van der Waals surface area contributed by atoms with Gasteiger partial charge in [-0.3, -0.25) is 9.69 Å². The summed E-state index contributed by atoms with van der Waals surface area (Å²) in [7, 11) is 0. The lowest BCUT2D eigenvalue weighted by molar-refractivity contribution is 0.239. The van der Waals surface area contributed by atoms with Crippen LogP contribution < -0.4 is 5.56 Å². The number of aromatic amines is 1. The predicted molar refractivity (Wildman–Crippen MR) is 92.3 cm³/mol. The van der Waals surface area contributed by atoms with Gasteiger partial charge in [0.25, 0.3) is 5.56 Å². The normalized spacial score (nSPS) is 14.4. The van der Waals surface area contributed by atoms with Gasteiger partial charge in [0.1, 0.15) is 0 Å². The number of benzene rings is 1. The molecular formula is C18H14F3N3OS. The van der Waals surface area contributed by atoms with Gasteiger partial charge in [-0.15, -0.1) is 11.3 Å². The third-order valence-corrected chi connectivity index (χ3v) is 5.23. The highest BCUT2D eigenvalue weighted by Gasteiger charge is 2.22. The zero-order valence-electron chi connectivity index (χ0n) is 13.6. The SMILES string of the molecule is O=c1[nH]c(-c2cccs2)nc2c1CCN(Cc1cc(F)c(F)c(F)c1)C2. The van der Waals surface area contributed by atoms with Crippen molar-refractivity contribution in [2.45, 2.75) is 19.5 Å². The molecule has 1 N–H and O–H groups in total. The highest BCUT2D eigenvalue weighted by Crippen LogP contribution is 2.23. The first-order valence-corrected chi connectivity index (χ1v) is 8.91. The van der Waals surface area contributed by atoms with Crippen molar-refractivity contribution in [3.8, 4) is 10.7 Å². The zero-order chi connectivity index (χ0) is 18.3. The minimum absolute atomic E-state index is 0.156. The quantitative estimate of drug-likeness (QED) is 0.711. The van der Waals surface area contributed by atoms with Crippen LogP contribution in [0.5, 0.6) is 0 Å². The van der Waals surface area contributed by atoms with Gasteiger partial charge in [-0.1, -0.05) is 6.07 Å². The molecule has 0 atom stereocenters. The maximum Gasteiger partial charge on any atom is 0.254 e. The van der Waals surface area contributed by atoms with Crippen molar-refractivity contribution in [1.82, 2.24) is 14.9 Å². The number of H-pyrrole nitrogens is 1.